The molecule has 0 spiro atoms. The molecule has 0 aliphatic rings. The number of hydrogen-bond acceptors (Lipinski definition) is 7. The van der Waals surface area contributed by atoms with Crippen LogP contribution in [0.4, 0.5) is 11.4 Å². The summed E-state index contributed by atoms with van der Waals surface area (Å²) >= 11 is 5.93. The van der Waals surface area contributed by atoms with Gasteiger partial charge in [0.15, 0.2) is 6.61 Å². The van der Waals surface area contributed by atoms with Gasteiger partial charge >= 0.3 is 0 Å². The molecule has 0 bridgehead atoms. The van der Waals surface area contributed by atoms with E-state index in [1.807, 2.05) is 6.92 Å². The summed E-state index contributed by atoms with van der Waals surface area (Å²) < 4.78 is 38.7. The van der Waals surface area contributed by atoms with Gasteiger partial charge in [-0.2, -0.15) is 5.10 Å². The highest BCUT2D eigenvalue weighted by atomic mass is 35.5. The van der Waals surface area contributed by atoms with Gasteiger partial charge < -0.3 is 14.8 Å². The number of halogens is 1. The molecule has 4 rings (SSSR count). The van der Waals surface area contributed by atoms with E-state index < -0.39 is 22.5 Å². The SMILES string of the molecule is COc1ccc(N(CC(=O)N/N=C\c2ccc(OCC(=O)Nc3cccc(Cl)c3)cc2)S(=O)(=O)c2ccc(C)cc2)cc1. The topological polar surface area (TPSA) is 126 Å². The summed E-state index contributed by atoms with van der Waals surface area (Å²) in [5, 5.41) is 7.16. The lowest BCUT2D eigenvalue weighted by molar-refractivity contribution is -0.119. The maximum Gasteiger partial charge on any atom is 0.264 e. The standard InChI is InChI=1S/C31H29ClN4O6S/c1-22-6-16-29(17-7-22)43(39,40)36(26-10-14-27(41-2)15-11-26)20-30(37)35-33-19-23-8-12-28(13-9-23)42-21-31(38)34-25-5-3-4-24(32)18-25/h3-19H,20-21H2,1-2H3,(H,34,38)(H,35,37)/b33-19-. The molecule has 2 N–H and O–H groups in total. The molecule has 2 amide bonds. The summed E-state index contributed by atoms with van der Waals surface area (Å²) in [6.45, 7) is 1.14. The number of sulfonamides is 1. The van der Waals surface area contributed by atoms with Crippen molar-refractivity contribution in [2.75, 3.05) is 29.9 Å². The first kappa shape index (κ1) is 31.1. The van der Waals surface area contributed by atoms with E-state index in [1.54, 1.807) is 84.9 Å². The maximum absolute atomic E-state index is 13.5. The van der Waals surface area contributed by atoms with E-state index in [0.717, 1.165) is 9.87 Å². The molecule has 0 saturated carbocycles. The molecule has 4 aromatic carbocycles. The number of carbonyl (C=O) groups is 2. The van der Waals surface area contributed by atoms with Gasteiger partial charge in [0.05, 0.1) is 23.9 Å². The summed E-state index contributed by atoms with van der Waals surface area (Å²) in [6, 6.07) is 26.2. The normalized spacial score (nSPS) is 11.1. The summed E-state index contributed by atoms with van der Waals surface area (Å²) in [5.41, 5.74) is 4.77. The largest absolute Gasteiger partial charge is 0.497 e. The van der Waals surface area contributed by atoms with Gasteiger partial charge in [0, 0.05) is 10.7 Å². The van der Waals surface area contributed by atoms with Gasteiger partial charge in [0.1, 0.15) is 18.0 Å². The van der Waals surface area contributed by atoms with E-state index in [1.165, 1.54) is 25.5 Å². The fourth-order valence-electron chi connectivity index (χ4n) is 3.81. The van der Waals surface area contributed by atoms with Crippen molar-refractivity contribution in [2.45, 2.75) is 11.8 Å². The summed E-state index contributed by atoms with van der Waals surface area (Å²) in [5.74, 6) is 0.0127. The summed E-state index contributed by atoms with van der Waals surface area (Å²) in [6.07, 6.45) is 1.40. The molecule has 0 heterocycles. The molecule has 0 aromatic heterocycles. The zero-order valence-electron chi connectivity index (χ0n) is 23.4. The molecular weight excluding hydrogens is 592 g/mol. The lowest BCUT2D eigenvalue weighted by Crippen LogP contribution is -2.39. The van der Waals surface area contributed by atoms with Crippen LogP contribution in [0.1, 0.15) is 11.1 Å². The number of nitrogens with one attached hydrogen (secondary N) is 2. The van der Waals surface area contributed by atoms with Gasteiger partial charge in [0.2, 0.25) is 0 Å². The van der Waals surface area contributed by atoms with Crippen molar-refractivity contribution in [2.24, 2.45) is 5.10 Å². The van der Waals surface area contributed by atoms with E-state index in [2.05, 4.69) is 15.8 Å². The molecule has 0 atom stereocenters. The predicted molar refractivity (Wildman–Crippen MR) is 166 cm³/mol. The third kappa shape index (κ3) is 8.81. The molecule has 0 saturated heterocycles. The molecule has 12 heteroatoms. The minimum Gasteiger partial charge on any atom is -0.497 e. The molecule has 43 heavy (non-hydrogen) atoms. The quantitative estimate of drug-likeness (QED) is 0.169. The van der Waals surface area contributed by atoms with Crippen molar-refractivity contribution in [1.82, 2.24) is 5.43 Å². The first-order valence-corrected chi connectivity index (χ1v) is 14.8. The molecule has 222 valence electrons. The Bertz CT molecular complexity index is 1690. The van der Waals surface area contributed by atoms with Gasteiger partial charge in [-0.3, -0.25) is 13.9 Å². The Morgan fingerprint density at radius 1 is 0.907 bits per heavy atom. The van der Waals surface area contributed by atoms with Crippen molar-refractivity contribution in [3.8, 4) is 11.5 Å². The molecule has 10 nitrogen and oxygen atoms in total. The lowest BCUT2D eigenvalue weighted by Gasteiger charge is -2.24. The number of nitrogens with zero attached hydrogens (tertiary/aromatic N) is 2. The molecule has 0 aliphatic carbocycles. The van der Waals surface area contributed by atoms with Gasteiger partial charge in [-0.25, -0.2) is 13.8 Å². The third-order valence-electron chi connectivity index (χ3n) is 6.02. The first-order chi connectivity index (χ1) is 20.6. The van der Waals surface area contributed by atoms with E-state index in [4.69, 9.17) is 21.1 Å². The Labute approximate surface area is 254 Å². The third-order valence-corrected chi connectivity index (χ3v) is 8.04. The second kappa shape index (κ2) is 14.3. The Balaban J connectivity index is 1.36. The van der Waals surface area contributed by atoms with Crippen molar-refractivity contribution in [3.63, 3.8) is 0 Å². The maximum atomic E-state index is 13.5. The number of hydrogen-bond donors (Lipinski definition) is 2. The van der Waals surface area contributed by atoms with Gasteiger partial charge in [-0.1, -0.05) is 35.4 Å². The average molecular weight is 621 g/mol. The van der Waals surface area contributed by atoms with E-state index in [-0.39, 0.29) is 23.1 Å². The highest BCUT2D eigenvalue weighted by Gasteiger charge is 2.27. The fourth-order valence-corrected chi connectivity index (χ4v) is 5.42. The van der Waals surface area contributed by atoms with Crippen LogP contribution in [0.3, 0.4) is 0 Å². The Kier molecular flexibility index (Phi) is 10.4. The molecular formula is C31H29ClN4O6S. The van der Waals surface area contributed by atoms with E-state index in [0.29, 0.717) is 27.8 Å². The summed E-state index contributed by atoms with van der Waals surface area (Å²) in [4.78, 5) is 25.0. The number of amides is 2. The smallest absolute Gasteiger partial charge is 0.264 e. The monoisotopic (exact) mass is 620 g/mol. The number of ether oxygens (including phenoxy) is 2. The number of aryl methyl sites for hydroxylation is 1. The van der Waals surface area contributed by atoms with Crippen molar-refractivity contribution in [1.29, 1.82) is 0 Å². The summed E-state index contributed by atoms with van der Waals surface area (Å²) in [7, 11) is -2.56. The van der Waals surface area contributed by atoms with Crippen LogP contribution in [0.15, 0.2) is 107 Å². The van der Waals surface area contributed by atoms with Crippen LogP contribution in [-0.4, -0.2) is 46.7 Å². The number of hydrazone groups is 1. The van der Waals surface area contributed by atoms with E-state index >= 15 is 0 Å². The second-order valence-corrected chi connectivity index (χ2v) is 11.5. The van der Waals surface area contributed by atoms with Crippen LogP contribution in [0.25, 0.3) is 0 Å². The van der Waals surface area contributed by atoms with Gasteiger partial charge in [0.25, 0.3) is 21.8 Å². The molecule has 0 radical (unpaired) electrons. The van der Waals surface area contributed by atoms with Crippen LogP contribution in [0, 0.1) is 6.92 Å². The zero-order valence-corrected chi connectivity index (χ0v) is 24.9. The molecule has 0 aliphatic heterocycles. The number of rotatable bonds is 12. The minimum atomic E-state index is -4.07. The Morgan fingerprint density at radius 3 is 2.23 bits per heavy atom. The number of methoxy groups -OCH3 is 1. The van der Waals surface area contributed by atoms with Crippen LogP contribution >= 0.6 is 11.6 Å². The number of carbonyl (C=O) groups excluding carboxylic acids is 2. The lowest BCUT2D eigenvalue weighted by atomic mass is 10.2. The predicted octanol–water partition coefficient (Wildman–Crippen LogP) is 5.02. The Morgan fingerprint density at radius 2 is 1.58 bits per heavy atom. The Hall–Kier alpha value is -4.87. The molecule has 0 fully saturated rings. The fraction of sp³-hybridized carbons (Fsp3) is 0.129. The highest BCUT2D eigenvalue weighted by molar-refractivity contribution is 7.92. The number of anilines is 2. The highest BCUT2D eigenvalue weighted by Crippen LogP contribution is 2.26. The first-order valence-electron chi connectivity index (χ1n) is 13.0. The van der Waals surface area contributed by atoms with Crippen LogP contribution in [0.2, 0.25) is 5.02 Å². The van der Waals surface area contributed by atoms with Gasteiger partial charge in [-0.15, -0.1) is 0 Å². The van der Waals surface area contributed by atoms with Crippen molar-refractivity contribution in [3.05, 3.63) is 113 Å². The second-order valence-electron chi connectivity index (χ2n) is 9.23. The van der Waals surface area contributed by atoms with Gasteiger partial charge in [-0.05, 0) is 91.3 Å². The minimum absolute atomic E-state index is 0.0504. The van der Waals surface area contributed by atoms with Crippen LogP contribution < -0.4 is 24.5 Å². The van der Waals surface area contributed by atoms with Crippen molar-refractivity contribution < 1.29 is 27.5 Å². The average Bonchev–Trinajstić information content (AvgIpc) is 3.00. The molecule has 4 aromatic rings. The molecule has 0 unspecified atom stereocenters. The number of benzene rings is 4. The zero-order chi connectivity index (χ0) is 30.8. The van der Waals surface area contributed by atoms with Crippen molar-refractivity contribution >= 4 is 51.0 Å². The van der Waals surface area contributed by atoms with Crippen LogP contribution in [0.5, 0.6) is 11.5 Å². The van der Waals surface area contributed by atoms with E-state index in [9.17, 15) is 18.0 Å². The van der Waals surface area contributed by atoms with Crippen LogP contribution in [-0.2, 0) is 19.6 Å².